The Morgan fingerprint density at radius 1 is 0.517 bits per heavy atom. The van der Waals surface area contributed by atoms with Crippen molar-refractivity contribution in [3.8, 4) is 22.3 Å². The summed E-state index contributed by atoms with van der Waals surface area (Å²) < 4.78 is 0. The molecule has 0 aliphatic rings. The number of benzene rings is 4. The lowest BCUT2D eigenvalue weighted by Gasteiger charge is -2.16. The normalized spacial score (nSPS) is 10.2. The molecule has 0 fully saturated rings. The molecular formula is C29H30. The fourth-order valence-corrected chi connectivity index (χ4v) is 3.60. The third kappa shape index (κ3) is 5.68. The Kier molecular flexibility index (Phi) is 7.41. The van der Waals surface area contributed by atoms with Crippen LogP contribution in [0.5, 0.6) is 0 Å². The summed E-state index contributed by atoms with van der Waals surface area (Å²) in [7, 11) is 0. The predicted octanol–water partition coefficient (Wildman–Crippen LogP) is 8.28. The Bertz CT molecular complexity index is 988. The van der Waals surface area contributed by atoms with Gasteiger partial charge in [0.1, 0.15) is 0 Å². The van der Waals surface area contributed by atoms with Gasteiger partial charge in [-0.2, -0.15) is 0 Å². The van der Waals surface area contributed by atoms with E-state index in [0.29, 0.717) is 0 Å². The van der Waals surface area contributed by atoms with Crippen LogP contribution in [0, 0.1) is 13.8 Å². The molecule has 0 aliphatic heterocycles. The molecule has 0 radical (unpaired) electrons. The van der Waals surface area contributed by atoms with Crippen molar-refractivity contribution in [2.24, 2.45) is 0 Å². The van der Waals surface area contributed by atoms with Crippen LogP contribution < -0.4 is 0 Å². The number of hydrogen-bond acceptors (Lipinski definition) is 0. The summed E-state index contributed by atoms with van der Waals surface area (Å²) >= 11 is 0. The van der Waals surface area contributed by atoms with Gasteiger partial charge in [-0.25, -0.2) is 0 Å². The first-order chi connectivity index (χ1) is 14.2. The smallest absolute Gasteiger partial charge is 0.0102 e. The van der Waals surface area contributed by atoms with E-state index in [2.05, 4.69) is 87.5 Å². The Balaban J connectivity index is 0.000000343. The van der Waals surface area contributed by atoms with Crippen LogP contribution in [0.3, 0.4) is 0 Å². The molecule has 0 aliphatic carbocycles. The van der Waals surface area contributed by atoms with Gasteiger partial charge in [0.25, 0.3) is 0 Å². The molecule has 0 unspecified atom stereocenters. The fraction of sp³-hybridized carbons (Fsp3) is 0.172. The maximum atomic E-state index is 2.34. The SMILES string of the molecule is CCCc1cc(C)ccc1-c1ccc(C)cc1-c1ccccc1.c1ccccc1. The molecule has 0 bridgehead atoms. The predicted molar refractivity (Wildman–Crippen MR) is 127 cm³/mol. The van der Waals surface area contributed by atoms with E-state index >= 15 is 0 Å². The molecule has 0 heteroatoms. The summed E-state index contributed by atoms with van der Waals surface area (Å²) in [6.07, 6.45) is 2.29. The number of aryl methyl sites for hydroxylation is 3. The highest BCUT2D eigenvalue weighted by atomic mass is 14.2. The van der Waals surface area contributed by atoms with Gasteiger partial charge in [0.2, 0.25) is 0 Å². The minimum atomic E-state index is 1.12. The van der Waals surface area contributed by atoms with Crippen molar-refractivity contribution in [1.82, 2.24) is 0 Å². The van der Waals surface area contributed by atoms with E-state index in [-0.39, 0.29) is 0 Å². The van der Waals surface area contributed by atoms with Crippen molar-refractivity contribution < 1.29 is 0 Å². The van der Waals surface area contributed by atoms with E-state index < -0.39 is 0 Å². The zero-order valence-electron chi connectivity index (χ0n) is 17.7. The maximum Gasteiger partial charge on any atom is -0.0102 e. The highest BCUT2D eigenvalue weighted by molar-refractivity contribution is 5.85. The molecule has 0 spiro atoms. The van der Waals surface area contributed by atoms with Crippen LogP contribution in [0.15, 0.2) is 103 Å². The van der Waals surface area contributed by atoms with Gasteiger partial charge in [0.15, 0.2) is 0 Å². The molecule has 0 saturated carbocycles. The first-order valence-corrected chi connectivity index (χ1v) is 10.4. The number of hydrogen-bond donors (Lipinski definition) is 0. The molecule has 4 aromatic rings. The van der Waals surface area contributed by atoms with Crippen molar-refractivity contribution in [2.75, 3.05) is 0 Å². The second-order valence-corrected chi connectivity index (χ2v) is 7.48. The Labute approximate surface area is 175 Å². The van der Waals surface area contributed by atoms with Crippen molar-refractivity contribution in [3.05, 3.63) is 120 Å². The second kappa shape index (κ2) is 10.4. The topological polar surface area (TPSA) is 0 Å². The van der Waals surface area contributed by atoms with Crippen LogP contribution in [0.4, 0.5) is 0 Å². The van der Waals surface area contributed by atoms with Crippen molar-refractivity contribution >= 4 is 0 Å². The largest absolute Gasteiger partial charge is 0.0651 e. The standard InChI is InChI=1S/C23H24.C6H6/c1-4-8-20-15-17(2)11-13-21(20)22-14-12-18(3)16-23(22)19-9-6-5-7-10-19;1-2-4-6-5-3-1/h5-7,9-16H,4,8H2,1-3H3;1-6H. The van der Waals surface area contributed by atoms with Crippen LogP contribution in [0.25, 0.3) is 22.3 Å². The van der Waals surface area contributed by atoms with Gasteiger partial charge in [-0.3, -0.25) is 0 Å². The molecule has 4 aromatic carbocycles. The molecule has 4 rings (SSSR count). The Hall–Kier alpha value is -3.12. The van der Waals surface area contributed by atoms with E-state index in [9.17, 15) is 0 Å². The molecular weight excluding hydrogens is 348 g/mol. The molecule has 29 heavy (non-hydrogen) atoms. The minimum Gasteiger partial charge on any atom is -0.0651 e. The Morgan fingerprint density at radius 3 is 1.62 bits per heavy atom. The minimum absolute atomic E-state index is 1.12. The van der Waals surface area contributed by atoms with Crippen LogP contribution in [0.1, 0.15) is 30.0 Å². The molecule has 0 atom stereocenters. The van der Waals surface area contributed by atoms with Gasteiger partial charge in [0.05, 0.1) is 0 Å². The highest BCUT2D eigenvalue weighted by Gasteiger charge is 2.11. The van der Waals surface area contributed by atoms with Gasteiger partial charge >= 0.3 is 0 Å². The van der Waals surface area contributed by atoms with Gasteiger partial charge in [-0.05, 0) is 48.1 Å². The molecule has 0 heterocycles. The van der Waals surface area contributed by atoms with Gasteiger partial charge in [-0.1, -0.05) is 128 Å². The first kappa shape index (κ1) is 20.6. The van der Waals surface area contributed by atoms with Gasteiger partial charge in [-0.15, -0.1) is 0 Å². The molecule has 0 N–H and O–H groups in total. The zero-order valence-corrected chi connectivity index (χ0v) is 17.7. The second-order valence-electron chi connectivity index (χ2n) is 7.48. The third-order valence-electron chi connectivity index (χ3n) is 5.00. The summed E-state index contributed by atoms with van der Waals surface area (Å²) in [6, 6.07) is 36.4. The lowest BCUT2D eigenvalue weighted by molar-refractivity contribution is 0.922. The fourth-order valence-electron chi connectivity index (χ4n) is 3.60. The first-order valence-electron chi connectivity index (χ1n) is 10.4. The van der Waals surface area contributed by atoms with Gasteiger partial charge in [0, 0.05) is 0 Å². The van der Waals surface area contributed by atoms with Crippen LogP contribution in [-0.2, 0) is 6.42 Å². The summed E-state index contributed by atoms with van der Waals surface area (Å²) in [5.74, 6) is 0. The average Bonchev–Trinajstić information content (AvgIpc) is 2.77. The molecule has 0 aromatic heterocycles. The van der Waals surface area contributed by atoms with Gasteiger partial charge < -0.3 is 0 Å². The zero-order chi connectivity index (χ0) is 20.5. The summed E-state index contributed by atoms with van der Waals surface area (Å²) in [4.78, 5) is 0. The summed E-state index contributed by atoms with van der Waals surface area (Å²) in [6.45, 7) is 6.59. The molecule has 0 amide bonds. The average molecular weight is 379 g/mol. The monoisotopic (exact) mass is 378 g/mol. The molecule has 0 nitrogen and oxygen atoms in total. The third-order valence-corrected chi connectivity index (χ3v) is 5.00. The van der Waals surface area contributed by atoms with E-state index in [4.69, 9.17) is 0 Å². The quantitative estimate of drug-likeness (QED) is 0.335. The van der Waals surface area contributed by atoms with E-state index in [1.54, 1.807) is 0 Å². The highest BCUT2D eigenvalue weighted by Crippen LogP contribution is 2.35. The maximum absolute atomic E-state index is 2.34. The van der Waals surface area contributed by atoms with Crippen LogP contribution in [-0.4, -0.2) is 0 Å². The Morgan fingerprint density at radius 2 is 1.03 bits per heavy atom. The van der Waals surface area contributed by atoms with E-state index in [0.717, 1.165) is 6.42 Å². The van der Waals surface area contributed by atoms with Crippen LogP contribution in [0.2, 0.25) is 0 Å². The lowest BCUT2D eigenvalue weighted by Crippen LogP contribution is -1.93. The van der Waals surface area contributed by atoms with E-state index in [1.807, 2.05) is 36.4 Å². The van der Waals surface area contributed by atoms with Crippen LogP contribution >= 0.6 is 0 Å². The van der Waals surface area contributed by atoms with E-state index in [1.165, 1.54) is 45.4 Å². The summed E-state index contributed by atoms with van der Waals surface area (Å²) in [5, 5.41) is 0. The molecule has 0 saturated heterocycles. The van der Waals surface area contributed by atoms with Crippen molar-refractivity contribution in [2.45, 2.75) is 33.6 Å². The molecule has 146 valence electrons. The van der Waals surface area contributed by atoms with Crippen molar-refractivity contribution in [3.63, 3.8) is 0 Å². The summed E-state index contributed by atoms with van der Waals surface area (Å²) in [5.41, 5.74) is 9.42. The number of rotatable bonds is 4. The lowest BCUT2D eigenvalue weighted by atomic mass is 9.89. The van der Waals surface area contributed by atoms with Crippen molar-refractivity contribution in [1.29, 1.82) is 0 Å².